The molecular weight excluding hydrogens is 289 g/mol. The molecule has 2 amide bonds. The molecule has 1 atom stereocenters. The van der Waals surface area contributed by atoms with E-state index in [4.69, 9.17) is 0 Å². The van der Waals surface area contributed by atoms with Gasteiger partial charge in [-0.15, -0.1) is 0 Å². The van der Waals surface area contributed by atoms with Gasteiger partial charge in [-0.05, 0) is 6.92 Å². The van der Waals surface area contributed by atoms with Crippen LogP contribution in [0.2, 0.25) is 0 Å². The van der Waals surface area contributed by atoms with Crippen molar-refractivity contribution in [1.82, 2.24) is 20.3 Å². The van der Waals surface area contributed by atoms with Crippen molar-refractivity contribution in [3.63, 3.8) is 0 Å². The highest BCUT2D eigenvalue weighted by molar-refractivity contribution is 5.74. The van der Waals surface area contributed by atoms with Crippen LogP contribution in [-0.4, -0.2) is 59.4 Å². The largest absolute Gasteiger partial charge is 0.401 e. The second-order valence-corrected chi connectivity index (χ2v) is 5.03. The summed E-state index contributed by atoms with van der Waals surface area (Å²) in [5.41, 5.74) is 0.590. The third kappa shape index (κ3) is 4.62. The molecule has 1 aromatic heterocycles. The molecule has 21 heavy (non-hydrogen) atoms. The number of hydrogen-bond donors (Lipinski definition) is 1. The fourth-order valence-corrected chi connectivity index (χ4v) is 2.25. The lowest BCUT2D eigenvalue weighted by Crippen LogP contribution is -2.57. The van der Waals surface area contributed by atoms with Gasteiger partial charge >= 0.3 is 12.2 Å². The predicted octanol–water partition coefficient (Wildman–Crippen LogP) is 1.45. The smallest absolute Gasteiger partial charge is 0.364 e. The summed E-state index contributed by atoms with van der Waals surface area (Å²) in [5, 5.41) is 6.32. The van der Waals surface area contributed by atoms with E-state index in [1.165, 1.54) is 16.1 Å². The maximum Gasteiger partial charge on any atom is 0.401 e. The molecule has 1 fully saturated rings. The minimum Gasteiger partial charge on any atom is -0.364 e. The number of nitrogens with zero attached hydrogens (tertiary/aromatic N) is 3. The van der Waals surface area contributed by atoms with Crippen molar-refractivity contribution in [3.05, 3.63) is 18.0 Å². The number of rotatable bonds is 3. The molecule has 9 heteroatoms. The highest BCUT2D eigenvalue weighted by atomic mass is 19.4. The summed E-state index contributed by atoms with van der Waals surface area (Å²) in [6, 6.07) is 0.985. The number of nitrogens with one attached hydrogen (secondary N) is 1. The van der Waals surface area contributed by atoms with Gasteiger partial charge in [-0.3, -0.25) is 4.90 Å². The van der Waals surface area contributed by atoms with E-state index in [0.717, 1.165) is 0 Å². The fourth-order valence-electron chi connectivity index (χ4n) is 2.25. The Morgan fingerprint density at radius 3 is 2.86 bits per heavy atom. The molecule has 0 saturated carbocycles. The minimum atomic E-state index is -4.22. The van der Waals surface area contributed by atoms with Crippen LogP contribution in [0.25, 0.3) is 0 Å². The Kier molecular flexibility index (Phi) is 4.71. The Morgan fingerprint density at radius 1 is 1.52 bits per heavy atom. The summed E-state index contributed by atoms with van der Waals surface area (Å²) < 4.78 is 41.8. The van der Waals surface area contributed by atoms with E-state index in [2.05, 4.69) is 15.0 Å². The molecule has 0 bridgehead atoms. The number of amides is 2. The third-order valence-corrected chi connectivity index (χ3v) is 3.35. The van der Waals surface area contributed by atoms with E-state index in [1.54, 1.807) is 13.0 Å². The van der Waals surface area contributed by atoms with Crippen LogP contribution in [0.3, 0.4) is 0 Å². The number of carbonyl (C=O) groups excluding carboxylic acids is 1. The highest BCUT2D eigenvalue weighted by Crippen LogP contribution is 2.20. The quantitative estimate of drug-likeness (QED) is 0.918. The average molecular weight is 306 g/mol. The molecule has 2 heterocycles. The van der Waals surface area contributed by atoms with Crippen LogP contribution >= 0.6 is 0 Å². The maximum atomic E-state index is 12.4. The molecule has 6 nitrogen and oxygen atoms in total. The number of hydrogen-bond acceptors (Lipinski definition) is 4. The second-order valence-electron chi connectivity index (χ2n) is 5.03. The van der Waals surface area contributed by atoms with Gasteiger partial charge in [0.15, 0.2) is 0 Å². The molecule has 1 aliphatic rings. The van der Waals surface area contributed by atoms with Gasteiger partial charge in [0.25, 0.3) is 0 Å². The molecule has 1 N–H and O–H groups in total. The molecule has 1 aliphatic heterocycles. The summed E-state index contributed by atoms with van der Waals surface area (Å²) in [4.78, 5) is 14.8. The third-order valence-electron chi connectivity index (χ3n) is 3.35. The summed E-state index contributed by atoms with van der Waals surface area (Å²) in [6.45, 7) is 1.71. The van der Waals surface area contributed by atoms with Gasteiger partial charge in [0, 0.05) is 31.7 Å². The molecule has 1 saturated heterocycles. The lowest BCUT2D eigenvalue weighted by Gasteiger charge is -2.39. The summed E-state index contributed by atoms with van der Waals surface area (Å²) in [5.74, 6) is 0. The van der Waals surface area contributed by atoms with E-state index >= 15 is 0 Å². The zero-order valence-corrected chi connectivity index (χ0v) is 11.6. The molecule has 2 rings (SSSR count). The minimum absolute atomic E-state index is 0.206. The highest BCUT2D eigenvalue weighted by Gasteiger charge is 2.35. The van der Waals surface area contributed by atoms with E-state index in [0.29, 0.717) is 5.69 Å². The van der Waals surface area contributed by atoms with Crippen molar-refractivity contribution in [2.24, 2.45) is 0 Å². The van der Waals surface area contributed by atoms with Gasteiger partial charge in [-0.2, -0.15) is 13.2 Å². The van der Waals surface area contributed by atoms with Gasteiger partial charge in [0.05, 0.1) is 13.1 Å². The molecule has 118 valence electrons. The van der Waals surface area contributed by atoms with E-state index in [9.17, 15) is 18.0 Å². The zero-order chi connectivity index (χ0) is 15.5. The molecular formula is C12H17F3N4O2. The Hall–Kier alpha value is -1.77. The first-order valence-corrected chi connectivity index (χ1v) is 6.58. The number of urea groups is 1. The van der Waals surface area contributed by atoms with Crippen LogP contribution in [-0.2, 0) is 6.54 Å². The van der Waals surface area contributed by atoms with Crippen LogP contribution in [0.1, 0.15) is 12.6 Å². The van der Waals surface area contributed by atoms with Crippen LogP contribution < -0.4 is 5.32 Å². The SMILES string of the molecule is CC1CN(C(=O)NCc2ccon2)CCN1CC(F)(F)F. The van der Waals surface area contributed by atoms with Crippen LogP contribution in [0.15, 0.2) is 16.9 Å². The Balaban J connectivity index is 1.80. The maximum absolute atomic E-state index is 12.4. The second kappa shape index (κ2) is 6.33. The first-order chi connectivity index (χ1) is 9.85. The monoisotopic (exact) mass is 306 g/mol. The zero-order valence-electron chi connectivity index (χ0n) is 11.6. The van der Waals surface area contributed by atoms with Crippen molar-refractivity contribution in [1.29, 1.82) is 0 Å². The Labute approximate surface area is 119 Å². The van der Waals surface area contributed by atoms with Crippen molar-refractivity contribution in [2.75, 3.05) is 26.2 Å². The van der Waals surface area contributed by atoms with Gasteiger partial charge in [-0.1, -0.05) is 5.16 Å². The molecule has 1 aromatic rings. The molecule has 0 radical (unpaired) electrons. The lowest BCUT2D eigenvalue weighted by atomic mass is 10.2. The number of carbonyl (C=O) groups is 1. The Morgan fingerprint density at radius 2 is 2.29 bits per heavy atom. The fraction of sp³-hybridized carbons (Fsp3) is 0.667. The summed E-state index contributed by atoms with van der Waals surface area (Å²) in [7, 11) is 0. The molecule has 1 unspecified atom stereocenters. The Bertz CT molecular complexity index is 464. The van der Waals surface area contributed by atoms with Crippen LogP contribution in [0.4, 0.5) is 18.0 Å². The topological polar surface area (TPSA) is 61.6 Å². The van der Waals surface area contributed by atoms with E-state index in [-0.39, 0.29) is 38.3 Å². The first kappa shape index (κ1) is 15.6. The van der Waals surface area contributed by atoms with Gasteiger partial charge in [0.1, 0.15) is 12.0 Å². The average Bonchev–Trinajstić information content (AvgIpc) is 2.90. The standard InChI is InChI=1S/C12H17F3N4O2/c1-9-7-18(3-4-19(9)8-12(13,14)15)11(20)16-6-10-2-5-21-17-10/h2,5,9H,3-4,6-8H2,1H3,(H,16,20). The normalized spacial score (nSPS) is 20.6. The molecule has 0 aromatic carbocycles. The first-order valence-electron chi connectivity index (χ1n) is 6.58. The summed E-state index contributed by atoms with van der Waals surface area (Å²) in [6.07, 6.45) is -2.81. The van der Waals surface area contributed by atoms with Crippen molar-refractivity contribution in [3.8, 4) is 0 Å². The van der Waals surface area contributed by atoms with Crippen molar-refractivity contribution < 1.29 is 22.5 Å². The van der Waals surface area contributed by atoms with Gasteiger partial charge in [-0.25, -0.2) is 4.79 Å². The summed E-state index contributed by atoms with van der Waals surface area (Å²) >= 11 is 0. The molecule has 0 spiro atoms. The van der Waals surface area contributed by atoms with Crippen molar-refractivity contribution >= 4 is 6.03 Å². The van der Waals surface area contributed by atoms with Gasteiger partial charge in [0.2, 0.25) is 0 Å². The number of alkyl halides is 3. The number of piperazine rings is 1. The van der Waals surface area contributed by atoms with Crippen LogP contribution in [0.5, 0.6) is 0 Å². The van der Waals surface area contributed by atoms with E-state index < -0.39 is 12.7 Å². The lowest BCUT2D eigenvalue weighted by molar-refractivity contribution is -0.153. The number of halogens is 3. The number of aromatic nitrogens is 1. The van der Waals surface area contributed by atoms with Gasteiger partial charge < -0.3 is 14.7 Å². The van der Waals surface area contributed by atoms with Crippen LogP contribution in [0, 0.1) is 0 Å². The van der Waals surface area contributed by atoms with Crippen molar-refractivity contribution in [2.45, 2.75) is 25.7 Å². The predicted molar refractivity (Wildman–Crippen MR) is 67.4 cm³/mol. The van der Waals surface area contributed by atoms with E-state index in [1.807, 2.05) is 0 Å². The molecule has 0 aliphatic carbocycles.